The summed E-state index contributed by atoms with van der Waals surface area (Å²) in [6.45, 7) is 0. The van der Waals surface area contributed by atoms with Crippen LogP contribution in [0.25, 0.3) is 0 Å². The molecule has 0 unspecified atom stereocenters. The van der Waals surface area contributed by atoms with Crippen molar-refractivity contribution in [3.63, 3.8) is 0 Å². The summed E-state index contributed by atoms with van der Waals surface area (Å²) in [5.74, 6) is -1.07. The van der Waals surface area contributed by atoms with Crippen LogP contribution in [0.15, 0.2) is 4.76 Å². The Balaban J connectivity index is 4.72. The Bertz CT molecular complexity index is 291. The summed E-state index contributed by atoms with van der Waals surface area (Å²) in [4.78, 5) is 0. The summed E-state index contributed by atoms with van der Waals surface area (Å²) in [5.41, 5.74) is 20.3. The highest BCUT2D eigenvalue weighted by atomic mass is 31.2. The van der Waals surface area contributed by atoms with Gasteiger partial charge in [0.2, 0.25) is 13.5 Å². The third-order valence-corrected chi connectivity index (χ3v) is 1.30. The van der Waals surface area contributed by atoms with Crippen molar-refractivity contribution in [2.45, 2.75) is 0 Å². The number of nitrogens with two attached hydrogens (primary N) is 4. The molecule has 0 saturated carbocycles. The summed E-state index contributed by atoms with van der Waals surface area (Å²) in [5, 5.41) is 25.3. The lowest BCUT2D eigenvalue weighted by atomic mass is 10.8. The summed E-state index contributed by atoms with van der Waals surface area (Å²) in [6.07, 6.45) is 0. The molecule has 0 atom stereocenters. The zero-order valence-electron chi connectivity index (χ0n) is 7.20. The van der Waals surface area contributed by atoms with Crippen LogP contribution in [0.3, 0.4) is 0 Å². The van der Waals surface area contributed by atoms with E-state index in [-0.39, 0.29) is 5.96 Å². The Labute approximate surface area is 80.1 Å². The van der Waals surface area contributed by atoms with E-state index < -0.39 is 19.4 Å². The number of nitrogens with zero attached hydrogens (tertiary/aromatic N) is 1. The van der Waals surface area contributed by atoms with Crippen LogP contribution in [0.5, 0.6) is 0 Å². The lowest BCUT2D eigenvalue weighted by Crippen LogP contribution is -2.48. The van der Waals surface area contributed by atoms with Crippen molar-refractivity contribution in [2.24, 2.45) is 27.2 Å². The molecule has 0 rings (SSSR count). The van der Waals surface area contributed by atoms with Crippen LogP contribution in [0, 0.1) is 16.0 Å². The highest BCUT2D eigenvalue weighted by Gasteiger charge is 2.06. The molecule has 0 aromatic rings. The van der Waals surface area contributed by atoms with E-state index in [4.69, 9.17) is 38.5 Å². The SMILES string of the molecule is N=C(N)NC(=NP(=N)(N)N)NC(=N)N. The predicted octanol–water partition coefficient (Wildman–Crippen LogP) is -2.25. The van der Waals surface area contributed by atoms with Crippen molar-refractivity contribution >= 4 is 25.4 Å². The molecule has 10 nitrogen and oxygen atoms in total. The third-order valence-electron chi connectivity index (χ3n) is 0.772. The lowest BCUT2D eigenvalue weighted by molar-refractivity contribution is 1.13. The molecule has 0 aliphatic heterocycles. The fraction of sp³-hybridized carbons (Fsp3) is 0. The van der Waals surface area contributed by atoms with Crippen LogP contribution in [0.4, 0.5) is 0 Å². The van der Waals surface area contributed by atoms with Gasteiger partial charge >= 0.3 is 0 Å². The Morgan fingerprint density at radius 3 is 1.64 bits per heavy atom. The van der Waals surface area contributed by atoms with Crippen molar-refractivity contribution < 1.29 is 0 Å². The fourth-order valence-corrected chi connectivity index (χ4v) is 0.933. The van der Waals surface area contributed by atoms with E-state index in [0.717, 1.165) is 0 Å². The summed E-state index contributed by atoms with van der Waals surface area (Å²) < 4.78 is 3.48. The van der Waals surface area contributed by atoms with Gasteiger partial charge in [0.15, 0.2) is 11.9 Å². The first-order chi connectivity index (χ1) is 6.20. The first-order valence-electron chi connectivity index (χ1n) is 3.24. The van der Waals surface area contributed by atoms with Crippen molar-refractivity contribution in [2.75, 3.05) is 0 Å². The molecule has 0 aliphatic carbocycles. The molecule has 0 spiro atoms. The van der Waals surface area contributed by atoms with Crippen LogP contribution in [-0.4, -0.2) is 17.9 Å². The van der Waals surface area contributed by atoms with Gasteiger partial charge in [-0.3, -0.25) is 37.6 Å². The predicted molar refractivity (Wildman–Crippen MR) is 55.5 cm³/mol. The Morgan fingerprint density at radius 1 is 1.07 bits per heavy atom. The van der Waals surface area contributed by atoms with Crippen LogP contribution in [-0.2, 0) is 0 Å². The minimum Gasteiger partial charge on any atom is -0.370 e. The third kappa shape index (κ3) is 7.03. The standard InChI is InChI=1S/C3H13N10P/c4-1(5)11-3(12-2(6)7)13-14(8,9)10/h(H13,4,5,6,7,8,9,10,11,12,13). The van der Waals surface area contributed by atoms with Crippen molar-refractivity contribution in [3.8, 4) is 0 Å². The molecule has 0 heterocycles. The van der Waals surface area contributed by atoms with E-state index in [2.05, 4.69) is 15.4 Å². The molecule has 0 aromatic heterocycles. The molecule has 0 aliphatic rings. The number of guanidine groups is 3. The number of rotatable bonds is 1. The maximum Gasteiger partial charge on any atom is 0.212 e. The minimum absolute atomic E-state index is 0.196. The average Bonchev–Trinajstić information content (AvgIpc) is 1.77. The second-order valence-electron chi connectivity index (χ2n) is 2.26. The number of hydrogen-bond acceptors (Lipinski definition) is 3. The van der Waals surface area contributed by atoms with Gasteiger partial charge in [-0.1, -0.05) is 0 Å². The average molecular weight is 220 g/mol. The highest BCUT2D eigenvalue weighted by Crippen LogP contribution is 2.26. The lowest BCUT2D eigenvalue weighted by Gasteiger charge is -2.11. The first-order valence-corrected chi connectivity index (χ1v) is 5.12. The maximum atomic E-state index is 7.13. The normalized spacial score (nSPS) is 10.1. The van der Waals surface area contributed by atoms with Gasteiger partial charge < -0.3 is 11.5 Å². The van der Waals surface area contributed by atoms with Gasteiger partial charge in [-0.25, -0.2) is 0 Å². The van der Waals surface area contributed by atoms with Gasteiger partial charge in [0.1, 0.15) is 0 Å². The molecule has 14 heavy (non-hydrogen) atoms. The van der Waals surface area contributed by atoms with E-state index in [0.29, 0.717) is 0 Å². The van der Waals surface area contributed by atoms with Crippen LogP contribution in [0.2, 0.25) is 0 Å². The largest absolute Gasteiger partial charge is 0.370 e. The fourth-order valence-electron chi connectivity index (χ4n) is 0.502. The van der Waals surface area contributed by atoms with E-state index in [1.54, 1.807) is 0 Å². The van der Waals surface area contributed by atoms with Gasteiger partial charge in [0.25, 0.3) is 0 Å². The molecule has 0 aromatic carbocycles. The second kappa shape index (κ2) is 4.56. The van der Waals surface area contributed by atoms with Crippen LogP contribution >= 0.6 is 7.51 Å². The monoisotopic (exact) mass is 220 g/mol. The topological polar surface area (TPSA) is 212 Å². The molecular formula is C3H13N10P. The van der Waals surface area contributed by atoms with Gasteiger partial charge in [0.05, 0.1) is 0 Å². The van der Waals surface area contributed by atoms with E-state index in [9.17, 15) is 0 Å². The molecular weight excluding hydrogens is 207 g/mol. The molecule has 0 amide bonds. The van der Waals surface area contributed by atoms with Gasteiger partial charge in [0, 0.05) is 0 Å². The Hall–Kier alpha value is -1.64. The summed E-state index contributed by atoms with van der Waals surface area (Å²) in [7, 11) is -3.18. The minimum atomic E-state index is -3.18. The molecule has 0 saturated heterocycles. The molecule has 0 radical (unpaired) electrons. The van der Waals surface area contributed by atoms with Gasteiger partial charge in [-0.15, -0.1) is 0 Å². The second-order valence-corrected chi connectivity index (χ2v) is 3.94. The van der Waals surface area contributed by atoms with E-state index >= 15 is 0 Å². The Morgan fingerprint density at radius 2 is 1.43 bits per heavy atom. The van der Waals surface area contributed by atoms with Gasteiger partial charge in [-0.05, 0) is 0 Å². The van der Waals surface area contributed by atoms with Gasteiger partial charge in [-0.2, -0.15) is 4.76 Å². The van der Waals surface area contributed by atoms with E-state index in [1.165, 1.54) is 0 Å². The number of hydrogen-bond donors (Lipinski definition) is 9. The zero-order chi connectivity index (χ0) is 11.4. The number of nitrogens with one attached hydrogen (secondary N) is 5. The van der Waals surface area contributed by atoms with Crippen molar-refractivity contribution in [3.05, 3.63) is 0 Å². The maximum absolute atomic E-state index is 7.13. The van der Waals surface area contributed by atoms with Crippen molar-refractivity contribution in [1.82, 2.24) is 10.6 Å². The molecule has 11 heteroatoms. The molecule has 13 N–H and O–H groups in total. The molecule has 0 fully saturated rings. The molecule has 0 bridgehead atoms. The van der Waals surface area contributed by atoms with Crippen molar-refractivity contribution in [1.29, 1.82) is 16.0 Å². The summed E-state index contributed by atoms with van der Waals surface area (Å²) in [6, 6.07) is 0. The summed E-state index contributed by atoms with van der Waals surface area (Å²) >= 11 is 0. The Kier molecular flexibility index (Phi) is 4.02. The first kappa shape index (κ1) is 12.4. The molecule has 80 valence electrons. The van der Waals surface area contributed by atoms with Crippen LogP contribution < -0.4 is 33.1 Å². The zero-order valence-corrected chi connectivity index (χ0v) is 8.10. The quantitative estimate of drug-likeness (QED) is 0.135. The highest BCUT2D eigenvalue weighted by molar-refractivity contribution is 7.59. The van der Waals surface area contributed by atoms with Crippen LogP contribution in [0.1, 0.15) is 0 Å². The smallest absolute Gasteiger partial charge is 0.212 e. The van der Waals surface area contributed by atoms with E-state index in [1.807, 2.05) is 0 Å².